The smallest absolute Gasteiger partial charge is 0.336 e. The van der Waals surface area contributed by atoms with Crippen molar-refractivity contribution in [1.29, 1.82) is 0 Å². The van der Waals surface area contributed by atoms with Crippen LogP contribution >= 0.6 is 0 Å². The van der Waals surface area contributed by atoms with E-state index in [0.717, 1.165) is 5.57 Å². The Kier molecular flexibility index (Phi) is 14.8. The minimum Gasteiger partial charge on any atom is -0.479 e. The van der Waals surface area contributed by atoms with Gasteiger partial charge in [0.2, 0.25) is 0 Å². The van der Waals surface area contributed by atoms with Crippen LogP contribution < -0.4 is 0 Å². The number of allylic oxidation sites excluding steroid dienone is 2. The fraction of sp³-hybridized carbons (Fsp3) is 0.877. The van der Waals surface area contributed by atoms with Crippen LogP contribution in [0.4, 0.5) is 0 Å². The van der Waals surface area contributed by atoms with E-state index in [0.29, 0.717) is 44.1 Å². The number of rotatable bonds is 13. The molecule has 0 aromatic carbocycles. The molecular formula is C57H86O22. The van der Waals surface area contributed by atoms with Crippen LogP contribution in [0.5, 0.6) is 0 Å². The summed E-state index contributed by atoms with van der Waals surface area (Å²) in [6.07, 6.45) is -19.1. The maximum atomic E-state index is 13.7. The second kappa shape index (κ2) is 19.7. The molecule has 0 bridgehead atoms. The van der Waals surface area contributed by atoms with Crippen molar-refractivity contribution < 1.29 is 108 Å². The molecule has 79 heavy (non-hydrogen) atoms. The van der Waals surface area contributed by atoms with Crippen molar-refractivity contribution >= 4 is 17.9 Å². The zero-order valence-corrected chi connectivity index (χ0v) is 47.1. The van der Waals surface area contributed by atoms with E-state index in [1.807, 2.05) is 13.8 Å². The molecule has 1 spiro atoms. The first-order valence-electron chi connectivity index (χ1n) is 28.4. The highest BCUT2D eigenvalue weighted by Crippen LogP contribution is 2.83. The maximum Gasteiger partial charge on any atom is 0.336 e. The summed E-state index contributed by atoms with van der Waals surface area (Å²) in [5.41, 5.74) is -6.82. The highest BCUT2D eigenvalue weighted by molar-refractivity contribution is 5.88. The fourth-order valence-electron chi connectivity index (χ4n) is 17.9. The quantitative estimate of drug-likeness (QED) is 0.0524. The summed E-state index contributed by atoms with van der Waals surface area (Å²) in [5.74, 6) is -5.00. The number of ether oxygens (including phenoxy) is 8. The molecule has 22 heteroatoms. The number of hydrogen-bond acceptors (Lipinski definition) is 21. The van der Waals surface area contributed by atoms with Gasteiger partial charge in [-0.2, -0.15) is 0 Å². The number of carboxylic acids is 1. The average molecular weight is 1120 g/mol. The van der Waals surface area contributed by atoms with E-state index < -0.39 is 191 Å². The Morgan fingerprint density at radius 3 is 1.99 bits per heavy atom. The Labute approximate surface area is 460 Å². The molecule has 11 N–H and O–H groups in total. The minimum absolute atomic E-state index is 0.0541. The Morgan fingerprint density at radius 2 is 1.38 bits per heavy atom. The van der Waals surface area contributed by atoms with Gasteiger partial charge in [-0.3, -0.25) is 4.79 Å². The van der Waals surface area contributed by atoms with E-state index >= 15 is 0 Å². The topological polar surface area (TPSA) is 348 Å². The van der Waals surface area contributed by atoms with Crippen LogP contribution in [-0.4, -0.2) is 203 Å². The van der Waals surface area contributed by atoms with Gasteiger partial charge in [-0.25, -0.2) is 9.59 Å². The maximum absolute atomic E-state index is 13.7. The van der Waals surface area contributed by atoms with E-state index in [4.69, 9.17) is 37.9 Å². The summed E-state index contributed by atoms with van der Waals surface area (Å²) in [4.78, 5) is 40.6. The third-order valence-corrected chi connectivity index (χ3v) is 22.6. The summed E-state index contributed by atoms with van der Waals surface area (Å²) in [6.45, 7) is 20.1. The van der Waals surface area contributed by atoms with Gasteiger partial charge < -0.3 is 94.1 Å². The van der Waals surface area contributed by atoms with Crippen LogP contribution in [0.25, 0.3) is 0 Å². The Morgan fingerprint density at radius 1 is 0.759 bits per heavy atom. The molecule has 22 nitrogen and oxygen atoms in total. The van der Waals surface area contributed by atoms with E-state index in [1.165, 1.54) is 0 Å². The van der Waals surface area contributed by atoms with Gasteiger partial charge in [0.1, 0.15) is 60.5 Å². The van der Waals surface area contributed by atoms with Crippen molar-refractivity contribution in [2.75, 3.05) is 13.2 Å². The SMILES string of the molecule is C/C=C(/C)C(=O)O[C@@H]1C(C)(C)CC2C3=CCC4[C@@]5(C)CC[C@H](O[C@@H]6OC(C(=O)O)C7(O[C@@H]8O[C@@H](CO)C(O)C8O)C(C6O[C@@H]6OC(CO)[C@H](O)C(O)C6O)[C@@H]7O)C(C)(C)C5CC[C@@]4(C)[C@]3(C)[C@@H](O)[C@@H](O)[C@]23CC13OC(=O)C(C)C. The monoisotopic (exact) mass is 1120 g/mol. The second-order valence-electron chi connectivity index (χ2n) is 27.4. The first-order valence-corrected chi connectivity index (χ1v) is 28.4. The summed E-state index contributed by atoms with van der Waals surface area (Å²) < 4.78 is 49.9. The first-order chi connectivity index (χ1) is 36.8. The number of aliphatic hydroxyl groups is 10. The molecule has 7 aliphatic carbocycles. The van der Waals surface area contributed by atoms with Crippen LogP contribution in [0.1, 0.15) is 121 Å². The van der Waals surface area contributed by atoms with Crippen LogP contribution in [0.15, 0.2) is 23.3 Å². The van der Waals surface area contributed by atoms with Gasteiger partial charge in [-0.1, -0.05) is 80.0 Å². The van der Waals surface area contributed by atoms with Gasteiger partial charge in [0.25, 0.3) is 0 Å². The van der Waals surface area contributed by atoms with Crippen molar-refractivity contribution in [2.45, 2.75) is 237 Å². The van der Waals surface area contributed by atoms with Crippen molar-refractivity contribution in [3.8, 4) is 0 Å². The van der Waals surface area contributed by atoms with Gasteiger partial charge >= 0.3 is 17.9 Å². The molecule has 0 amide bonds. The summed E-state index contributed by atoms with van der Waals surface area (Å²) in [6, 6.07) is 0. The number of carbonyl (C=O) groups is 3. The number of fused-ring (bicyclic) bond motifs is 7. The van der Waals surface area contributed by atoms with Crippen molar-refractivity contribution in [3.63, 3.8) is 0 Å². The van der Waals surface area contributed by atoms with Gasteiger partial charge in [0, 0.05) is 22.8 Å². The molecule has 3 heterocycles. The lowest BCUT2D eigenvalue weighted by molar-refractivity contribution is -0.367. The van der Waals surface area contributed by atoms with Crippen LogP contribution in [0.2, 0.25) is 0 Å². The molecule has 0 aromatic rings. The molecule has 0 radical (unpaired) electrons. The fourth-order valence-corrected chi connectivity index (χ4v) is 17.9. The van der Waals surface area contributed by atoms with Crippen molar-refractivity contribution in [3.05, 3.63) is 23.3 Å². The van der Waals surface area contributed by atoms with Gasteiger partial charge in [0.05, 0.1) is 54.9 Å². The van der Waals surface area contributed by atoms with E-state index in [9.17, 15) is 70.6 Å². The number of esters is 2. The molecule has 10 rings (SSSR count). The molecule has 13 unspecified atom stereocenters. The van der Waals surface area contributed by atoms with Crippen molar-refractivity contribution in [1.82, 2.24) is 0 Å². The van der Waals surface area contributed by atoms with Gasteiger partial charge in [-0.05, 0) is 86.4 Å². The average Bonchev–Trinajstić information content (AvgIpc) is 2.02. The van der Waals surface area contributed by atoms with Crippen LogP contribution in [0, 0.1) is 62.1 Å². The minimum atomic E-state index is -2.23. The third kappa shape index (κ3) is 8.10. The molecular weight excluding hydrogens is 1040 g/mol. The number of hydrogen-bond donors (Lipinski definition) is 11. The lowest BCUT2D eigenvalue weighted by Gasteiger charge is -2.72. The van der Waals surface area contributed by atoms with Crippen LogP contribution in [0.3, 0.4) is 0 Å². The Bertz CT molecular complexity index is 2460. The standard InChI is InChI=1S/C57H86O22/c1-12-24(4)45(71)77-49-50(5,6)19-26-25-13-14-30-52(9)17-16-31(51(7,8)29(52)15-18-53(30,10)54(25,11)40(66)41(67)55(26)22-56(49,55)78-44(70)23(2)3)74-48-38(75-46-37(64)35(62)33(60)27(20-58)72-46)32-39(65)57(32,42(76-48)43(68)69)79-47-36(63)34(61)28(21-59)73-47/h12-13,23,26-42,46-49,58-67H,14-22H2,1-11H3,(H,68,69)/b24-12-/t26?,27?,28-,29?,30?,31-,32?,33-,34?,35?,36?,37?,38?,39-,40-,41+,42?,46-,47-,48+,49+,52-,53+,54-,55-,56?,57?/m0/s1. The van der Waals surface area contributed by atoms with Gasteiger partial charge in [-0.15, -0.1) is 0 Å². The first kappa shape index (κ1) is 59.4. The van der Waals surface area contributed by atoms with Crippen molar-refractivity contribution in [2.24, 2.45) is 62.1 Å². The predicted molar refractivity (Wildman–Crippen MR) is 271 cm³/mol. The number of aliphatic hydroxyl groups excluding tert-OH is 10. The lowest BCUT2D eigenvalue weighted by atomic mass is 9.33. The molecule has 6 saturated carbocycles. The van der Waals surface area contributed by atoms with Gasteiger partial charge in [0.15, 0.2) is 30.6 Å². The Balaban J connectivity index is 0.959. The highest BCUT2D eigenvalue weighted by Gasteiger charge is 2.89. The normalized spacial score (nSPS) is 53.0. The lowest BCUT2D eigenvalue weighted by Crippen LogP contribution is -2.72. The number of aliphatic carboxylic acids is 1. The van der Waals surface area contributed by atoms with E-state index in [-0.39, 0.29) is 24.2 Å². The van der Waals surface area contributed by atoms with Crippen LogP contribution in [-0.2, 0) is 52.3 Å². The molecule has 27 atom stereocenters. The molecule has 3 saturated heterocycles. The Hall–Kier alpha value is -2.75. The van der Waals surface area contributed by atoms with E-state index in [2.05, 4.69) is 40.7 Å². The summed E-state index contributed by atoms with van der Waals surface area (Å²) in [7, 11) is 0. The number of carbonyl (C=O) groups excluding carboxylic acids is 2. The molecule has 9 fully saturated rings. The van der Waals surface area contributed by atoms with E-state index in [1.54, 1.807) is 33.8 Å². The largest absolute Gasteiger partial charge is 0.479 e. The second-order valence-corrected chi connectivity index (χ2v) is 27.4. The summed E-state index contributed by atoms with van der Waals surface area (Å²) in [5, 5.41) is 123. The molecule has 10 aliphatic rings. The zero-order chi connectivity index (χ0) is 58.0. The molecule has 446 valence electrons. The number of carboxylic acid groups (broad SMARTS) is 1. The highest BCUT2D eigenvalue weighted by atomic mass is 16.8. The predicted octanol–water partition coefficient (Wildman–Crippen LogP) is 0.734. The third-order valence-electron chi connectivity index (χ3n) is 22.6. The zero-order valence-electron chi connectivity index (χ0n) is 47.1. The summed E-state index contributed by atoms with van der Waals surface area (Å²) >= 11 is 0. The molecule has 3 aliphatic heterocycles. The molecule has 0 aromatic heterocycles.